The summed E-state index contributed by atoms with van der Waals surface area (Å²) in [6.45, 7) is 2.52. The molecule has 3 aliphatic heterocycles. The van der Waals surface area contributed by atoms with E-state index in [2.05, 4.69) is 10.3 Å². The molecule has 0 radical (unpaired) electrons. The van der Waals surface area contributed by atoms with Gasteiger partial charge in [0.15, 0.2) is 0 Å². The van der Waals surface area contributed by atoms with Gasteiger partial charge in [0.25, 0.3) is 5.91 Å². The number of oxazole rings is 1. The Kier molecular flexibility index (Phi) is 4.15. The van der Waals surface area contributed by atoms with E-state index in [1.54, 1.807) is 4.90 Å². The van der Waals surface area contributed by atoms with Crippen molar-refractivity contribution in [2.45, 2.75) is 25.3 Å². The van der Waals surface area contributed by atoms with E-state index in [0.717, 1.165) is 12.0 Å². The van der Waals surface area contributed by atoms with E-state index in [9.17, 15) is 14.4 Å². The number of carbonyl (C=O) groups excluding carboxylic acids is 3. The number of hydrogen-bond donors (Lipinski definition) is 1. The Hall–Kier alpha value is -3.16. The lowest BCUT2D eigenvalue weighted by molar-refractivity contribution is -0.134. The summed E-state index contributed by atoms with van der Waals surface area (Å²) in [5, 5.41) is 2.74. The largest absolute Gasteiger partial charge is 0.431 e. The van der Waals surface area contributed by atoms with Crippen molar-refractivity contribution in [1.82, 2.24) is 20.1 Å². The van der Waals surface area contributed by atoms with Crippen molar-refractivity contribution in [1.29, 1.82) is 0 Å². The molecule has 3 amide bonds. The third kappa shape index (κ3) is 3.18. The van der Waals surface area contributed by atoms with Crippen LogP contribution in [0, 0.1) is 5.41 Å². The number of carbonyl (C=O) groups is 3. The van der Waals surface area contributed by atoms with Gasteiger partial charge in [-0.3, -0.25) is 14.4 Å². The number of nitrogens with one attached hydrogen (secondary N) is 1. The molecule has 3 aliphatic rings. The lowest BCUT2D eigenvalue weighted by Crippen LogP contribution is -2.60. The first kappa shape index (κ1) is 17.9. The lowest BCUT2D eigenvalue weighted by Gasteiger charge is -2.47. The van der Waals surface area contributed by atoms with E-state index >= 15 is 0 Å². The van der Waals surface area contributed by atoms with Crippen LogP contribution in [-0.2, 0) is 9.59 Å². The molecule has 3 fully saturated rings. The summed E-state index contributed by atoms with van der Waals surface area (Å²) in [6.07, 6.45) is 3.33. The fraction of sp³-hybridized carbons (Fsp3) is 0.429. The number of hydrogen-bond acceptors (Lipinski definition) is 5. The molecule has 0 unspecified atom stereocenters. The fourth-order valence-electron chi connectivity index (χ4n) is 4.55. The predicted octanol–water partition coefficient (Wildman–Crippen LogP) is 1.29. The van der Waals surface area contributed by atoms with E-state index in [4.69, 9.17) is 4.42 Å². The maximum atomic E-state index is 12.7. The molecule has 8 nitrogen and oxygen atoms in total. The van der Waals surface area contributed by atoms with Gasteiger partial charge in [-0.1, -0.05) is 18.2 Å². The van der Waals surface area contributed by atoms with Crippen LogP contribution in [0.4, 0.5) is 0 Å². The van der Waals surface area contributed by atoms with E-state index in [1.807, 2.05) is 35.2 Å². The van der Waals surface area contributed by atoms with Gasteiger partial charge in [0.2, 0.25) is 23.5 Å². The zero-order valence-electron chi connectivity index (χ0n) is 16.0. The smallest absolute Gasteiger partial charge is 0.291 e. The average molecular weight is 394 g/mol. The van der Waals surface area contributed by atoms with Crippen molar-refractivity contribution >= 4 is 17.7 Å². The van der Waals surface area contributed by atoms with E-state index in [-0.39, 0.29) is 34.9 Å². The maximum Gasteiger partial charge on any atom is 0.291 e. The molecule has 3 saturated heterocycles. The predicted molar refractivity (Wildman–Crippen MR) is 103 cm³/mol. The van der Waals surface area contributed by atoms with Gasteiger partial charge in [-0.05, 0) is 25.0 Å². The van der Waals surface area contributed by atoms with Crippen LogP contribution in [0.3, 0.4) is 0 Å². The highest BCUT2D eigenvalue weighted by Crippen LogP contribution is 2.40. The molecule has 150 valence electrons. The normalized spacial score (nSPS) is 22.6. The lowest BCUT2D eigenvalue weighted by atomic mass is 9.79. The SMILES string of the molecule is O=C1CC[C@@H](C(=O)N2CCC3(CN(C(=O)c4cnc(-c5ccccc5)o4)C3)C2)N1. The van der Waals surface area contributed by atoms with Crippen molar-refractivity contribution in [3.05, 3.63) is 42.3 Å². The summed E-state index contributed by atoms with van der Waals surface area (Å²) in [7, 11) is 0. The number of rotatable bonds is 3. The number of amides is 3. The Labute approximate surface area is 167 Å². The molecule has 1 aromatic carbocycles. The second kappa shape index (κ2) is 6.72. The van der Waals surface area contributed by atoms with Gasteiger partial charge in [0, 0.05) is 43.6 Å². The Morgan fingerprint density at radius 2 is 1.90 bits per heavy atom. The van der Waals surface area contributed by atoms with Crippen LogP contribution in [0.25, 0.3) is 11.5 Å². The van der Waals surface area contributed by atoms with Crippen molar-refractivity contribution in [2.75, 3.05) is 26.2 Å². The van der Waals surface area contributed by atoms with Gasteiger partial charge >= 0.3 is 0 Å². The summed E-state index contributed by atoms with van der Waals surface area (Å²) in [5.74, 6) is 0.441. The molecule has 8 heteroatoms. The maximum absolute atomic E-state index is 12.7. The summed E-state index contributed by atoms with van der Waals surface area (Å²) in [6, 6.07) is 9.08. The number of nitrogens with zero attached hydrogens (tertiary/aromatic N) is 3. The molecule has 1 atom stereocenters. The average Bonchev–Trinajstić information content (AvgIpc) is 3.45. The standard InChI is InChI=1S/C21H22N4O4/c26-17-7-6-15(23-17)19(27)24-9-8-21(11-24)12-25(13-21)20(28)16-10-22-18(29-16)14-4-2-1-3-5-14/h1-5,10,15H,6-9,11-13H2,(H,23,26)/t15-/m0/s1. The monoisotopic (exact) mass is 394 g/mol. The summed E-state index contributed by atoms with van der Waals surface area (Å²) in [5.41, 5.74) is 0.784. The second-order valence-electron chi connectivity index (χ2n) is 8.23. The quantitative estimate of drug-likeness (QED) is 0.847. The van der Waals surface area contributed by atoms with Crippen LogP contribution in [-0.4, -0.2) is 64.7 Å². The second-order valence-corrected chi connectivity index (χ2v) is 8.23. The zero-order chi connectivity index (χ0) is 20.0. The van der Waals surface area contributed by atoms with Crippen molar-refractivity contribution in [2.24, 2.45) is 5.41 Å². The Balaban J connectivity index is 1.19. The highest BCUT2D eigenvalue weighted by atomic mass is 16.4. The molecule has 4 heterocycles. The molecule has 29 heavy (non-hydrogen) atoms. The van der Waals surface area contributed by atoms with Gasteiger partial charge in [-0.15, -0.1) is 0 Å². The molecule has 0 saturated carbocycles. The van der Waals surface area contributed by atoms with Crippen LogP contribution < -0.4 is 5.32 Å². The van der Waals surface area contributed by atoms with Crippen molar-refractivity contribution in [3.8, 4) is 11.5 Å². The summed E-state index contributed by atoms with van der Waals surface area (Å²) < 4.78 is 5.67. The van der Waals surface area contributed by atoms with Gasteiger partial charge in [-0.2, -0.15) is 0 Å². The fourth-order valence-corrected chi connectivity index (χ4v) is 4.55. The van der Waals surface area contributed by atoms with Crippen LogP contribution >= 0.6 is 0 Å². The summed E-state index contributed by atoms with van der Waals surface area (Å²) in [4.78, 5) is 44.5. The van der Waals surface area contributed by atoms with Crippen LogP contribution in [0.2, 0.25) is 0 Å². The third-order valence-corrected chi connectivity index (χ3v) is 6.12. The highest BCUT2D eigenvalue weighted by Gasteiger charge is 2.51. The van der Waals surface area contributed by atoms with Crippen LogP contribution in [0.15, 0.2) is 40.9 Å². The minimum atomic E-state index is -0.388. The van der Waals surface area contributed by atoms with Crippen LogP contribution in [0.5, 0.6) is 0 Å². The summed E-state index contributed by atoms with van der Waals surface area (Å²) >= 11 is 0. The van der Waals surface area contributed by atoms with Crippen molar-refractivity contribution in [3.63, 3.8) is 0 Å². The molecule has 5 rings (SSSR count). The molecule has 1 spiro atoms. The van der Waals surface area contributed by atoms with Gasteiger partial charge < -0.3 is 19.5 Å². The molecular formula is C21H22N4O4. The molecule has 1 aromatic heterocycles. The Morgan fingerprint density at radius 3 is 2.62 bits per heavy atom. The van der Waals surface area contributed by atoms with Gasteiger partial charge in [0.1, 0.15) is 6.04 Å². The van der Waals surface area contributed by atoms with Crippen molar-refractivity contribution < 1.29 is 18.8 Å². The molecule has 1 N–H and O–H groups in total. The number of benzene rings is 1. The van der Waals surface area contributed by atoms with Gasteiger partial charge in [0.05, 0.1) is 6.20 Å². The zero-order valence-corrected chi connectivity index (χ0v) is 16.0. The number of likely N-dealkylation sites (tertiary alicyclic amines) is 2. The van der Waals surface area contributed by atoms with Gasteiger partial charge in [-0.25, -0.2) is 4.98 Å². The highest BCUT2D eigenvalue weighted by molar-refractivity contribution is 5.93. The molecule has 2 aromatic rings. The minimum Gasteiger partial charge on any atom is -0.431 e. The minimum absolute atomic E-state index is 0.000221. The topological polar surface area (TPSA) is 95.8 Å². The van der Waals surface area contributed by atoms with E-state index < -0.39 is 0 Å². The van der Waals surface area contributed by atoms with Crippen LogP contribution in [0.1, 0.15) is 29.8 Å². The first-order valence-electron chi connectivity index (χ1n) is 9.92. The van der Waals surface area contributed by atoms with E-state index in [1.165, 1.54) is 6.20 Å². The molecular weight excluding hydrogens is 372 g/mol. The van der Waals surface area contributed by atoms with E-state index in [0.29, 0.717) is 44.9 Å². The first-order chi connectivity index (χ1) is 14.0. The molecule has 0 aliphatic carbocycles. The molecule has 0 bridgehead atoms. The number of aromatic nitrogens is 1. The Morgan fingerprint density at radius 1 is 1.14 bits per heavy atom. The Bertz CT molecular complexity index is 964. The first-order valence-corrected chi connectivity index (χ1v) is 9.92. The third-order valence-electron chi connectivity index (χ3n) is 6.12.